The Kier molecular flexibility index (Phi) is 7.49. The molecule has 0 spiro atoms. The summed E-state index contributed by atoms with van der Waals surface area (Å²) in [4.78, 5) is 11.0. The Hall–Kier alpha value is -0.490. The van der Waals surface area contributed by atoms with Crippen molar-refractivity contribution in [3.63, 3.8) is 0 Å². The summed E-state index contributed by atoms with van der Waals surface area (Å²) in [6, 6.07) is 0. The molecular formula is C9H18ClNO4S. The van der Waals surface area contributed by atoms with E-state index in [-0.39, 0.29) is 12.5 Å². The van der Waals surface area contributed by atoms with E-state index in [0.717, 1.165) is 25.7 Å². The highest BCUT2D eigenvalue weighted by atomic mass is 35.7. The molecule has 0 aromatic heterocycles. The molecule has 0 aliphatic carbocycles. The van der Waals surface area contributed by atoms with E-state index < -0.39 is 15.3 Å². The Morgan fingerprint density at radius 2 is 2.06 bits per heavy atom. The van der Waals surface area contributed by atoms with Gasteiger partial charge in [0, 0.05) is 10.7 Å². The molecule has 0 saturated carbocycles. The third-order valence-corrected chi connectivity index (χ3v) is 2.84. The molecule has 0 aromatic carbocycles. The van der Waals surface area contributed by atoms with Gasteiger partial charge in [0.15, 0.2) is 0 Å². The minimum Gasteiger partial charge on any atom is -0.449 e. The monoisotopic (exact) mass is 271 g/mol. The summed E-state index contributed by atoms with van der Waals surface area (Å²) in [5, 5.41) is 0. The largest absolute Gasteiger partial charge is 0.449 e. The molecule has 0 radical (unpaired) electrons. The zero-order valence-corrected chi connectivity index (χ0v) is 11.1. The Bertz CT molecular complexity index is 305. The van der Waals surface area contributed by atoms with Crippen LogP contribution in [-0.2, 0) is 14.0 Å². The lowest BCUT2D eigenvalue weighted by Gasteiger charge is -2.14. The molecule has 1 atom stereocenters. The number of carbonyl (C=O) groups excluding carboxylic acids is 1. The SMILES string of the molecule is CCCCC(CC)COC(=O)NS(=O)(=O)Cl. The zero-order chi connectivity index (χ0) is 12.6. The molecule has 0 aliphatic heterocycles. The van der Waals surface area contributed by atoms with Gasteiger partial charge in [-0.1, -0.05) is 33.1 Å². The molecule has 0 saturated heterocycles. The number of halogens is 1. The van der Waals surface area contributed by atoms with Crippen LogP contribution in [0.25, 0.3) is 0 Å². The fourth-order valence-electron chi connectivity index (χ4n) is 1.22. The van der Waals surface area contributed by atoms with Gasteiger partial charge in [0.1, 0.15) is 0 Å². The Balaban J connectivity index is 3.88. The summed E-state index contributed by atoms with van der Waals surface area (Å²) >= 11 is 0. The standard InChI is InChI=1S/C9H18ClNO4S/c1-3-5-6-8(4-2)7-15-9(12)11-16(10,13)14/h8H,3-7H2,1-2H3,(H,11,12). The molecule has 0 rings (SSSR count). The van der Waals surface area contributed by atoms with Crippen molar-refractivity contribution in [2.75, 3.05) is 6.61 Å². The third kappa shape index (κ3) is 8.79. The van der Waals surface area contributed by atoms with E-state index in [4.69, 9.17) is 15.4 Å². The summed E-state index contributed by atoms with van der Waals surface area (Å²) in [6.07, 6.45) is 2.98. The van der Waals surface area contributed by atoms with Gasteiger partial charge in [-0.05, 0) is 12.3 Å². The van der Waals surface area contributed by atoms with Gasteiger partial charge in [0.25, 0.3) is 0 Å². The van der Waals surface area contributed by atoms with Crippen molar-refractivity contribution in [3.05, 3.63) is 0 Å². The topological polar surface area (TPSA) is 72.5 Å². The first-order valence-electron chi connectivity index (χ1n) is 5.28. The Morgan fingerprint density at radius 1 is 1.44 bits per heavy atom. The minimum absolute atomic E-state index is 0.217. The number of carbonyl (C=O) groups is 1. The molecule has 0 heterocycles. The molecule has 1 amide bonds. The molecular weight excluding hydrogens is 254 g/mol. The van der Waals surface area contributed by atoms with Crippen molar-refractivity contribution >= 4 is 26.0 Å². The molecule has 1 unspecified atom stereocenters. The van der Waals surface area contributed by atoms with Crippen molar-refractivity contribution in [2.45, 2.75) is 39.5 Å². The van der Waals surface area contributed by atoms with E-state index in [1.54, 1.807) is 0 Å². The van der Waals surface area contributed by atoms with Crippen LogP contribution in [0.1, 0.15) is 39.5 Å². The van der Waals surface area contributed by atoms with Crippen molar-refractivity contribution in [1.82, 2.24) is 4.72 Å². The van der Waals surface area contributed by atoms with Crippen molar-refractivity contribution in [2.24, 2.45) is 5.92 Å². The number of ether oxygens (including phenoxy) is 1. The van der Waals surface area contributed by atoms with Crippen LogP contribution in [-0.4, -0.2) is 21.1 Å². The van der Waals surface area contributed by atoms with Gasteiger partial charge in [0.05, 0.1) is 6.61 Å². The molecule has 0 aromatic rings. The molecule has 5 nitrogen and oxygen atoms in total. The summed E-state index contributed by atoms with van der Waals surface area (Å²) in [5.74, 6) is 0.267. The fourth-order valence-corrected chi connectivity index (χ4v) is 1.67. The van der Waals surface area contributed by atoms with Gasteiger partial charge >= 0.3 is 15.3 Å². The average molecular weight is 272 g/mol. The van der Waals surface area contributed by atoms with Crippen LogP contribution in [0.5, 0.6) is 0 Å². The van der Waals surface area contributed by atoms with E-state index in [0.29, 0.717) is 0 Å². The number of amides is 1. The molecule has 96 valence electrons. The van der Waals surface area contributed by atoms with Crippen molar-refractivity contribution in [1.29, 1.82) is 0 Å². The van der Waals surface area contributed by atoms with Gasteiger partial charge in [-0.15, -0.1) is 0 Å². The number of hydrogen-bond donors (Lipinski definition) is 1. The van der Waals surface area contributed by atoms with Crippen molar-refractivity contribution < 1.29 is 17.9 Å². The van der Waals surface area contributed by atoms with E-state index in [1.807, 2.05) is 6.92 Å². The lowest BCUT2D eigenvalue weighted by molar-refractivity contribution is 0.128. The van der Waals surface area contributed by atoms with Gasteiger partial charge in [-0.2, -0.15) is 8.42 Å². The Labute approximate surface area is 101 Å². The summed E-state index contributed by atoms with van der Waals surface area (Å²) < 4.78 is 27.2. The van der Waals surface area contributed by atoms with Gasteiger partial charge in [-0.3, -0.25) is 0 Å². The second kappa shape index (κ2) is 7.73. The lowest BCUT2D eigenvalue weighted by Crippen LogP contribution is -2.29. The summed E-state index contributed by atoms with van der Waals surface area (Å²) in [7, 11) is 0.774. The highest BCUT2D eigenvalue weighted by Gasteiger charge is 2.14. The predicted molar refractivity (Wildman–Crippen MR) is 62.6 cm³/mol. The second-order valence-electron chi connectivity index (χ2n) is 3.55. The predicted octanol–water partition coefficient (Wildman–Crippen LogP) is 2.41. The van der Waals surface area contributed by atoms with Crippen LogP contribution in [0, 0.1) is 5.92 Å². The summed E-state index contributed by atoms with van der Waals surface area (Å²) in [6.45, 7) is 4.30. The number of hydrogen-bond acceptors (Lipinski definition) is 4. The Morgan fingerprint density at radius 3 is 2.50 bits per heavy atom. The number of nitrogens with one attached hydrogen (secondary N) is 1. The first-order valence-corrected chi connectivity index (χ1v) is 7.59. The van der Waals surface area contributed by atoms with Gasteiger partial charge < -0.3 is 4.74 Å². The maximum absolute atomic E-state index is 11.0. The third-order valence-electron chi connectivity index (χ3n) is 2.20. The van der Waals surface area contributed by atoms with Gasteiger partial charge in [-0.25, -0.2) is 9.52 Å². The van der Waals surface area contributed by atoms with Crippen LogP contribution in [0.3, 0.4) is 0 Å². The smallest absolute Gasteiger partial charge is 0.421 e. The quantitative estimate of drug-likeness (QED) is 0.722. The maximum atomic E-state index is 11.0. The lowest BCUT2D eigenvalue weighted by atomic mass is 10.0. The molecule has 16 heavy (non-hydrogen) atoms. The molecule has 1 N–H and O–H groups in total. The first-order chi connectivity index (χ1) is 7.39. The van der Waals surface area contributed by atoms with Crippen LogP contribution in [0.4, 0.5) is 4.79 Å². The number of rotatable bonds is 7. The minimum atomic E-state index is -4.05. The van der Waals surface area contributed by atoms with Crippen LogP contribution in [0.15, 0.2) is 0 Å². The molecule has 0 bridgehead atoms. The first kappa shape index (κ1) is 15.5. The van der Waals surface area contributed by atoms with Crippen LogP contribution >= 0.6 is 10.7 Å². The summed E-state index contributed by atoms with van der Waals surface area (Å²) in [5.41, 5.74) is 0. The van der Waals surface area contributed by atoms with Crippen molar-refractivity contribution in [3.8, 4) is 0 Å². The van der Waals surface area contributed by atoms with Crippen LogP contribution < -0.4 is 4.72 Å². The zero-order valence-electron chi connectivity index (χ0n) is 9.53. The van der Waals surface area contributed by atoms with Crippen LogP contribution in [0.2, 0.25) is 0 Å². The maximum Gasteiger partial charge on any atom is 0.421 e. The normalized spacial score (nSPS) is 13.2. The van der Waals surface area contributed by atoms with E-state index in [2.05, 4.69) is 6.92 Å². The number of unbranched alkanes of at least 4 members (excludes halogenated alkanes) is 1. The molecule has 0 aliphatic rings. The van der Waals surface area contributed by atoms with E-state index >= 15 is 0 Å². The highest BCUT2D eigenvalue weighted by Crippen LogP contribution is 2.12. The van der Waals surface area contributed by atoms with E-state index in [1.165, 1.54) is 4.72 Å². The van der Waals surface area contributed by atoms with Gasteiger partial charge in [0.2, 0.25) is 0 Å². The fraction of sp³-hybridized carbons (Fsp3) is 0.889. The van der Waals surface area contributed by atoms with E-state index in [9.17, 15) is 13.2 Å². The highest BCUT2D eigenvalue weighted by molar-refractivity contribution is 8.12. The molecule has 0 fully saturated rings. The average Bonchev–Trinajstić information content (AvgIpc) is 2.15. The second-order valence-corrected chi connectivity index (χ2v) is 5.85. The molecule has 7 heteroatoms.